The standard InChI is InChI=1S/C14H10ClFN2S/c15-13-7-12(16)2-1-10(13)8-18-5-3-14(17-18)11-4-6-19-9-11/h1-7,9H,8H2. The molecule has 96 valence electrons. The average Bonchev–Trinajstić information content (AvgIpc) is 3.03. The summed E-state index contributed by atoms with van der Waals surface area (Å²) in [4.78, 5) is 0. The van der Waals surface area contributed by atoms with Crippen LogP contribution in [0, 0.1) is 5.82 Å². The van der Waals surface area contributed by atoms with E-state index < -0.39 is 0 Å². The number of hydrogen-bond acceptors (Lipinski definition) is 2. The van der Waals surface area contributed by atoms with Gasteiger partial charge >= 0.3 is 0 Å². The lowest BCUT2D eigenvalue weighted by atomic mass is 10.2. The molecule has 0 aliphatic carbocycles. The number of hydrogen-bond donors (Lipinski definition) is 0. The monoisotopic (exact) mass is 292 g/mol. The van der Waals surface area contributed by atoms with Gasteiger partial charge in [-0.3, -0.25) is 4.68 Å². The van der Waals surface area contributed by atoms with Gasteiger partial charge in [0, 0.05) is 22.2 Å². The van der Waals surface area contributed by atoms with E-state index in [9.17, 15) is 4.39 Å². The van der Waals surface area contributed by atoms with Crippen LogP contribution in [0.3, 0.4) is 0 Å². The zero-order chi connectivity index (χ0) is 13.2. The van der Waals surface area contributed by atoms with Crippen LogP contribution in [-0.2, 0) is 6.54 Å². The van der Waals surface area contributed by atoms with E-state index >= 15 is 0 Å². The lowest BCUT2D eigenvalue weighted by Crippen LogP contribution is -2.01. The normalized spacial score (nSPS) is 10.8. The molecule has 0 saturated carbocycles. The van der Waals surface area contributed by atoms with Gasteiger partial charge in [-0.15, -0.1) is 0 Å². The molecule has 0 fully saturated rings. The Balaban J connectivity index is 1.84. The van der Waals surface area contributed by atoms with Crippen LogP contribution in [0.4, 0.5) is 4.39 Å². The molecule has 1 aromatic carbocycles. The van der Waals surface area contributed by atoms with Gasteiger partial charge in [-0.05, 0) is 35.2 Å². The molecule has 0 atom stereocenters. The summed E-state index contributed by atoms with van der Waals surface area (Å²) >= 11 is 7.65. The first-order valence-electron chi connectivity index (χ1n) is 5.72. The van der Waals surface area contributed by atoms with E-state index in [0.29, 0.717) is 11.6 Å². The largest absolute Gasteiger partial charge is 0.268 e. The SMILES string of the molecule is Fc1ccc(Cn2ccc(-c3ccsc3)n2)c(Cl)c1. The third kappa shape index (κ3) is 2.69. The molecule has 0 aliphatic heterocycles. The average molecular weight is 293 g/mol. The number of thiophene rings is 1. The van der Waals surface area contributed by atoms with Crippen molar-refractivity contribution in [2.24, 2.45) is 0 Å². The van der Waals surface area contributed by atoms with Crippen molar-refractivity contribution in [2.75, 3.05) is 0 Å². The summed E-state index contributed by atoms with van der Waals surface area (Å²) in [6.07, 6.45) is 1.90. The van der Waals surface area contributed by atoms with Gasteiger partial charge in [-0.1, -0.05) is 17.7 Å². The second-order valence-corrected chi connectivity index (χ2v) is 5.33. The maximum atomic E-state index is 13.0. The number of rotatable bonds is 3. The Morgan fingerprint density at radius 1 is 1.26 bits per heavy atom. The molecule has 0 amide bonds. The van der Waals surface area contributed by atoms with Crippen LogP contribution in [-0.4, -0.2) is 9.78 Å². The van der Waals surface area contributed by atoms with Gasteiger partial charge in [-0.2, -0.15) is 16.4 Å². The number of aromatic nitrogens is 2. The van der Waals surface area contributed by atoms with Gasteiger partial charge in [0.25, 0.3) is 0 Å². The molecule has 0 saturated heterocycles. The second-order valence-electron chi connectivity index (χ2n) is 4.15. The highest BCUT2D eigenvalue weighted by molar-refractivity contribution is 7.08. The van der Waals surface area contributed by atoms with Gasteiger partial charge in [0.05, 0.1) is 12.2 Å². The van der Waals surface area contributed by atoms with Crippen molar-refractivity contribution >= 4 is 22.9 Å². The minimum absolute atomic E-state index is 0.326. The molecule has 0 N–H and O–H groups in total. The van der Waals surface area contributed by atoms with Gasteiger partial charge < -0.3 is 0 Å². The van der Waals surface area contributed by atoms with E-state index in [1.165, 1.54) is 12.1 Å². The van der Waals surface area contributed by atoms with Gasteiger partial charge in [0.2, 0.25) is 0 Å². The predicted octanol–water partition coefficient (Wildman–Crippen LogP) is 4.45. The van der Waals surface area contributed by atoms with Gasteiger partial charge in [0.15, 0.2) is 0 Å². The Labute approximate surface area is 119 Å². The van der Waals surface area contributed by atoms with Gasteiger partial charge in [0.1, 0.15) is 5.82 Å². The Morgan fingerprint density at radius 3 is 2.89 bits per heavy atom. The summed E-state index contributed by atoms with van der Waals surface area (Å²) in [5.41, 5.74) is 2.89. The summed E-state index contributed by atoms with van der Waals surface area (Å²) in [6.45, 7) is 0.531. The zero-order valence-corrected chi connectivity index (χ0v) is 11.5. The van der Waals surface area contributed by atoms with E-state index in [4.69, 9.17) is 11.6 Å². The quantitative estimate of drug-likeness (QED) is 0.697. The first kappa shape index (κ1) is 12.4. The first-order valence-corrected chi connectivity index (χ1v) is 7.04. The summed E-state index contributed by atoms with van der Waals surface area (Å²) in [7, 11) is 0. The summed E-state index contributed by atoms with van der Waals surface area (Å²) in [5.74, 6) is -0.326. The zero-order valence-electron chi connectivity index (χ0n) is 9.88. The first-order chi connectivity index (χ1) is 9.22. The fourth-order valence-corrected chi connectivity index (χ4v) is 2.72. The summed E-state index contributed by atoms with van der Waals surface area (Å²) < 4.78 is 14.8. The fourth-order valence-electron chi connectivity index (χ4n) is 1.84. The Morgan fingerprint density at radius 2 is 2.16 bits per heavy atom. The van der Waals surface area contributed by atoms with E-state index in [1.807, 2.05) is 23.7 Å². The van der Waals surface area contributed by atoms with Crippen LogP contribution in [0.5, 0.6) is 0 Å². The van der Waals surface area contributed by atoms with Crippen molar-refractivity contribution in [2.45, 2.75) is 6.54 Å². The third-order valence-corrected chi connectivity index (χ3v) is 3.84. The molecular formula is C14H10ClFN2S. The van der Waals surface area contributed by atoms with Crippen LogP contribution in [0.15, 0.2) is 47.3 Å². The Kier molecular flexibility index (Phi) is 3.36. The molecule has 0 aliphatic rings. The molecule has 0 spiro atoms. The van der Waals surface area contributed by atoms with Crippen molar-refractivity contribution in [3.05, 3.63) is 63.7 Å². The molecule has 5 heteroatoms. The number of halogens is 2. The third-order valence-electron chi connectivity index (χ3n) is 2.81. The Hall–Kier alpha value is -1.65. The number of nitrogens with zero attached hydrogens (tertiary/aromatic N) is 2. The van der Waals surface area contributed by atoms with Crippen molar-refractivity contribution < 1.29 is 4.39 Å². The minimum atomic E-state index is -0.326. The van der Waals surface area contributed by atoms with E-state index in [1.54, 1.807) is 22.1 Å². The van der Waals surface area contributed by atoms with Crippen molar-refractivity contribution in [1.29, 1.82) is 0 Å². The molecule has 2 aromatic heterocycles. The highest BCUT2D eigenvalue weighted by Gasteiger charge is 2.06. The van der Waals surface area contributed by atoms with Crippen LogP contribution in [0.25, 0.3) is 11.3 Å². The molecule has 0 radical (unpaired) electrons. The molecule has 2 nitrogen and oxygen atoms in total. The maximum Gasteiger partial charge on any atom is 0.124 e. The van der Waals surface area contributed by atoms with E-state index in [2.05, 4.69) is 10.5 Å². The van der Waals surface area contributed by atoms with Gasteiger partial charge in [-0.25, -0.2) is 4.39 Å². The Bertz CT molecular complexity index is 691. The minimum Gasteiger partial charge on any atom is -0.268 e. The molecule has 0 bridgehead atoms. The van der Waals surface area contributed by atoms with Crippen LogP contribution < -0.4 is 0 Å². The molecule has 3 rings (SSSR count). The highest BCUT2D eigenvalue weighted by atomic mass is 35.5. The maximum absolute atomic E-state index is 13.0. The van der Waals surface area contributed by atoms with Crippen LogP contribution in [0.1, 0.15) is 5.56 Å². The summed E-state index contributed by atoms with van der Waals surface area (Å²) in [5, 5.41) is 8.98. The van der Waals surface area contributed by atoms with E-state index in [0.717, 1.165) is 16.8 Å². The lowest BCUT2D eigenvalue weighted by molar-refractivity contribution is 0.624. The highest BCUT2D eigenvalue weighted by Crippen LogP contribution is 2.21. The molecule has 3 aromatic rings. The van der Waals surface area contributed by atoms with Crippen LogP contribution in [0.2, 0.25) is 5.02 Å². The fraction of sp³-hybridized carbons (Fsp3) is 0.0714. The predicted molar refractivity (Wildman–Crippen MR) is 76.1 cm³/mol. The molecule has 0 unspecified atom stereocenters. The molecule has 19 heavy (non-hydrogen) atoms. The second kappa shape index (κ2) is 5.15. The van der Waals surface area contributed by atoms with Crippen molar-refractivity contribution in [1.82, 2.24) is 9.78 Å². The van der Waals surface area contributed by atoms with Crippen LogP contribution >= 0.6 is 22.9 Å². The lowest BCUT2D eigenvalue weighted by Gasteiger charge is -2.04. The van der Waals surface area contributed by atoms with Crippen molar-refractivity contribution in [3.63, 3.8) is 0 Å². The summed E-state index contributed by atoms with van der Waals surface area (Å²) in [6, 6.07) is 8.40. The smallest absolute Gasteiger partial charge is 0.124 e. The molecule has 2 heterocycles. The molecular weight excluding hydrogens is 283 g/mol. The topological polar surface area (TPSA) is 17.8 Å². The number of benzene rings is 1. The van der Waals surface area contributed by atoms with Crippen molar-refractivity contribution in [3.8, 4) is 11.3 Å². The van der Waals surface area contributed by atoms with E-state index in [-0.39, 0.29) is 5.82 Å².